The second-order valence-corrected chi connectivity index (χ2v) is 4.70. The number of nitrogens with two attached hydrogens (primary N) is 1. The molecule has 1 fully saturated rings. The zero-order chi connectivity index (χ0) is 12.8. The van der Waals surface area contributed by atoms with E-state index in [1.807, 2.05) is 0 Å². The molecular formula is C14H23N3O. The number of rotatable bonds is 5. The van der Waals surface area contributed by atoms with Crippen LogP contribution in [-0.4, -0.2) is 57.4 Å². The van der Waals surface area contributed by atoms with Gasteiger partial charge in [0.05, 0.1) is 6.61 Å². The fraction of sp³-hybridized carbons (Fsp3) is 0.571. The molecule has 0 bridgehead atoms. The van der Waals surface area contributed by atoms with Gasteiger partial charge in [-0.1, -0.05) is 18.2 Å². The first-order chi connectivity index (χ1) is 8.85. The minimum absolute atomic E-state index is 0.355. The van der Waals surface area contributed by atoms with Crippen LogP contribution in [0.15, 0.2) is 30.3 Å². The van der Waals surface area contributed by atoms with E-state index < -0.39 is 0 Å². The molecule has 1 aromatic carbocycles. The number of benzene rings is 1. The smallest absolute Gasteiger partial charge is 0.0630 e. The Balaban J connectivity index is 1.88. The monoisotopic (exact) mass is 249 g/mol. The Labute approximate surface area is 109 Å². The number of anilines is 1. The van der Waals surface area contributed by atoms with Crippen molar-refractivity contribution in [3.8, 4) is 0 Å². The Kier molecular flexibility index (Phi) is 4.99. The van der Waals surface area contributed by atoms with Crippen molar-refractivity contribution in [1.82, 2.24) is 4.90 Å². The molecule has 0 amide bonds. The summed E-state index contributed by atoms with van der Waals surface area (Å²) in [5, 5.41) is 0. The van der Waals surface area contributed by atoms with Gasteiger partial charge in [0.1, 0.15) is 0 Å². The van der Waals surface area contributed by atoms with E-state index in [2.05, 4.69) is 40.1 Å². The molecule has 0 radical (unpaired) electrons. The minimum Gasteiger partial charge on any atom is -0.383 e. The summed E-state index contributed by atoms with van der Waals surface area (Å²) in [6.45, 7) is 5.62. The van der Waals surface area contributed by atoms with Gasteiger partial charge in [-0.2, -0.15) is 0 Å². The molecular weight excluding hydrogens is 226 g/mol. The van der Waals surface area contributed by atoms with Crippen molar-refractivity contribution in [2.75, 3.05) is 51.3 Å². The summed E-state index contributed by atoms with van der Waals surface area (Å²) in [7, 11) is 1.74. The van der Waals surface area contributed by atoms with Crippen molar-refractivity contribution in [1.29, 1.82) is 0 Å². The zero-order valence-corrected chi connectivity index (χ0v) is 11.1. The lowest BCUT2D eigenvalue weighted by Crippen LogP contribution is -2.53. The molecule has 4 heteroatoms. The van der Waals surface area contributed by atoms with E-state index in [0.717, 1.165) is 32.8 Å². The van der Waals surface area contributed by atoms with E-state index in [9.17, 15) is 0 Å². The second kappa shape index (κ2) is 6.73. The molecule has 2 rings (SSSR count). The van der Waals surface area contributed by atoms with Crippen molar-refractivity contribution in [3.05, 3.63) is 30.3 Å². The first kappa shape index (κ1) is 13.3. The second-order valence-electron chi connectivity index (χ2n) is 4.70. The van der Waals surface area contributed by atoms with Crippen LogP contribution in [0.4, 0.5) is 5.69 Å². The van der Waals surface area contributed by atoms with Gasteiger partial charge < -0.3 is 15.4 Å². The minimum atomic E-state index is 0.355. The summed E-state index contributed by atoms with van der Waals surface area (Å²) >= 11 is 0. The highest BCUT2D eigenvalue weighted by molar-refractivity contribution is 5.46. The lowest BCUT2D eigenvalue weighted by molar-refractivity contribution is 0.0900. The molecule has 1 heterocycles. The Morgan fingerprint density at radius 3 is 2.39 bits per heavy atom. The summed E-state index contributed by atoms with van der Waals surface area (Å²) in [5.41, 5.74) is 7.11. The maximum absolute atomic E-state index is 5.80. The molecule has 1 unspecified atom stereocenters. The number of hydrogen-bond acceptors (Lipinski definition) is 4. The Morgan fingerprint density at radius 1 is 1.17 bits per heavy atom. The molecule has 1 saturated heterocycles. The van der Waals surface area contributed by atoms with E-state index in [4.69, 9.17) is 10.5 Å². The highest BCUT2D eigenvalue weighted by Crippen LogP contribution is 2.16. The fourth-order valence-corrected chi connectivity index (χ4v) is 2.50. The van der Waals surface area contributed by atoms with Crippen LogP contribution in [0, 0.1) is 0 Å². The molecule has 0 saturated carbocycles. The summed E-state index contributed by atoms with van der Waals surface area (Å²) in [4.78, 5) is 4.86. The number of para-hydroxylation sites is 1. The van der Waals surface area contributed by atoms with Crippen LogP contribution in [0.1, 0.15) is 0 Å². The van der Waals surface area contributed by atoms with Crippen molar-refractivity contribution in [3.63, 3.8) is 0 Å². The topological polar surface area (TPSA) is 41.7 Å². The summed E-state index contributed by atoms with van der Waals surface area (Å²) < 4.78 is 5.22. The fourth-order valence-electron chi connectivity index (χ4n) is 2.50. The van der Waals surface area contributed by atoms with Crippen molar-refractivity contribution < 1.29 is 4.74 Å². The highest BCUT2D eigenvalue weighted by atomic mass is 16.5. The number of methoxy groups -OCH3 is 1. The maximum Gasteiger partial charge on any atom is 0.0630 e. The highest BCUT2D eigenvalue weighted by Gasteiger charge is 2.22. The molecule has 1 aromatic rings. The molecule has 0 aromatic heterocycles. The van der Waals surface area contributed by atoms with Crippen LogP contribution in [0.25, 0.3) is 0 Å². The lowest BCUT2D eigenvalue weighted by atomic mass is 10.2. The third kappa shape index (κ3) is 3.22. The normalized spacial score (nSPS) is 18.9. The average molecular weight is 249 g/mol. The predicted octanol–water partition coefficient (Wildman–Crippen LogP) is 0.782. The van der Waals surface area contributed by atoms with Gasteiger partial charge in [-0.15, -0.1) is 0 Å². The van der Waals surface area contributed by atoms with Gasteiger partial charge in [-0.3, -0.25) is 4.90 Å². The quantitative estimate of drug-likeness (QED) is 0.837. The van der Waals surface area contributed by atoms with Crippen molar-refractivity contribution in [2.45, 2.75) is 6.04 Å². The van der Waals surface area contributed by atoms with Crippen molar-refractivity contribution >= 4 is 5.69 Å². The van der Waals surface area contributed by atoms with Crippen LogP contribution >= 0.6 is 0 Å². The van der Waals surface area contributed by atoms with Gasteiger partial charge in [0.15, 0.2) is 0 Å². The summed E-state index contributed by atoms with van der Waals surface area (Å²) in [6, 6.07) is 10.9. The van der Waals surface area contributed by atoms with Gasteiger partial charge in [0, 0.05) is 51.6 Å². The molecule has 0 aliphatic carbocycles. The third-order valence-electron chi connectivity index (χ3n) is 3.58. The Bertz CT molecular complexity index is 336. The molecule has 18 heavy (non-hydrogen) atoms. The lowest BCUT2D eigenvalue weighted by Gasteiger charge is -2.39. The standard InChI is InChI=1S/C14H23N3O/c1-18-12-14(11-15)17-9-7-16(8-10-17)13-5-3-2-4-6-13/h2-6,14H,7-12,15H2,1H3. The number of ether oxygens (including phenoxy) is 1. The van der Waals surface area contributed by atoms with Crippen LogP contribution in [0.2, 0.25) is 0 Å². The molecule has 100 valence electrons. The van der Waals surface area contributed by atoms with Crippen LogP contribution in [0.5, 0.6) is 0 Å². The Morgan fingerprint density at radius 2 is 1.83 bits per heavy atom. The molecule has 1 aliphatic rings. The maximum atomic E-state index is 5.80. The van der Waals surface area contributed by atoms with Gasteiger partial charge in [0.25, 0.3) is 0 Å². The SMILES string of the molecule is COCC(CN)N1CCN(c2ccccc2)CC1. The average Bonchev–Trinajstić information content (AvgIpc) is 2.46. The summed E-state index contributed by atoms with van der Waals surface area (Å²) in [6.07, 6.45) is 0. The number of nitrogens with zero attached hydrogens (tertiary/aromatic N) is 2. The predicted molar refractivity (Wildman–Crippen MR) is 74.9 cm³/mol. The van der Waals surface area contributed by atoms with Gasteiger partial charge in [0.2, 0.25) is 0 Å². The zero-order valence-electron chi connectivity index (χ0n) is 11.1. The molecule has 2 N–H and O–H groups in total. The van der Waals surface area contributed by atoms with Crippen molar-refractivity contribution in [2.24, 2.45) is 5.73 Å². The van der Waals surface area contributed by atoms with E-state index in [-0.39, 0.29) is 0 Å². The Hall–Kier alpha value is -1.10. The summed E-state index contributed by atoms with van der Waals surface area (Å²) in [5.74, 6) is 0. The van der Waals surface area contributed by atoms with Gasteiger partial charge in [-0.25, -0.2) is 0 Å². The van der Waals surface area contributed by atoms with E-state index >= 15 is 0 Å². The molecule has 1 atom stereocenters. The van der Waals surface area contributed by atoms with Crippen LogP contribution < -0.4 is 10.6 Å². The largest absolute Gasteiger partial charge is 0.383 e. The van der Waals surface area contributed by atoms with E-state index in [1.54, 1.807) is 7.11 Å². The molecule has 0 spiro atoms. The number of hydrogen-bond donors (Lipinski definition) is 1. The van der Waals surface area contributed by atoms with Gasteiger partial charge >= 0.3 is 0 Å². The van der Waals surface area contributed by atoms with Gasteiger partial charge in [-0.05, 0) is 12.1 Å². The molecule has 1 aliphatic heterocycles. The van der Waals surface area contributed by atoms with Crippen LogP contribution in [0.3, 0.4) is 0 Å². The van der Waals surface area contributed by atoms with E-state index in [1.165, 1.54) is 5.69 Å². The van der Waals surface area contributed by atoms with E-state index in [0.29, 0.717) is 12.6 Å². The number of piperazine rings is 1. The molecule has 4 nitrogen and oxygen atoms in total. The first-order valence-corrected chi connectivity index (χ1v) is 6.58. The first-order valence-electron chi connectivity index (χ1n) is 6.58. The van der Waals surface area contributed by atoms with Crippen LogP contribution in [-0.2, 0) is 4.74 Å². The third-order valence-corrected chi connectivity index (χ3v) is 3.58.